The van der Waals surface area contributed by atoms with Gasteiger partial charge in [0.1, 0.15) is 5.75 Å². The van der Waals surface area contributed by atoms with Crippen LogP contribution in [-0.2, 0) is 11.2 Å². The van der Waals surface area contributed by atoms with Crippen LogP contribution >= 0.6 is 0 Å². The van der Waals surface area contributed by atoms with Crippen LogP contribution < -0.4 is 10.5 Å². The number of rotatable bonds is 5. The second-order valence-electron chi connectivity index (χ2n) is 3.34. The molecule has 1 aromatic carbocycles. The summed E-state index contributed by atoms with van der Waals surface area (Å²) in [5.74, 6) is 0.853. The van der Waals surface area contributed by atoms with Crippen molar-refractivity contribution in [3.63, 3.8) is 0 Å². The van der Waals surface area contributed by atoms with Gasteiger partial charge < -0.3 is 15.2 Å². The molecule has 0 aliphatic heterocycles. The lowest BCUT2D eigenvalue weighted by Gasteiger charge is -2.11. The quantitative estimate of drug-likeness (QED) is 0.725. The Balaban J connectivity index is 2.69. The molecule has 3 heteroatoms. The second kappa shape index (κ2) is 5.62. The molecule has 1 rings (SSSR count). The van der Waals surface area contributed by atoms with Crippen molar-refractivity contribution in [3.05, 3.63) is 29.8 Å². The van der Waals surface area contributed by atoms with Gasteiger partial charge in [0.15, 0.2) is 6.79 Å². The van der Waals surface area contributed by atoms with Crippen LogP contribution in [0.25, 0.3) is 0 Å². The van der Waals surface area contributed by atoms with E-state index < -0.39 is 0 Å². The molecule has 0 saturated carbocycles. The molecule has 1 unspecified atom stereocenters. The maximum atomic E-state index is 5.74. The van der Waals surface area contributed by atoms with Crippen molar-refractivity contribution in [3.8, 4) is 5.75 Å². The van der Waals surface area contributed by atoms with Gasteiger partial charge in [0.25, 0.3) is 0 Å². The van der Waals surface area contributed by atoms with E-state index in [0.717, 1.165) is 17.7 Å². The molecule has 14 heavy (non-hydrogen) atoms. The number of methoxy groups -OCH3 is 1. The summed E-state index contributed by atoms with van der Waals surface area (Å²) in [6, 6.07) is 8.01. The first-order valence-electron chi connectivity index (χ1n) is 4.69. The van der Waals surface area contributed by atoms with E-state index >= 15 is 0 Å². The van der Waals surface area contributed by atoms with E-state index in [9.17, 15) is 0 Å². The van der Waals surface area contributed by atoms with Crippen LogP contribution in [0, 0.1) is 0 Å². The largest absolute Gasteiger partial charge is 0.467 e. The van der Waals surface area contributed by atoms with E-state index in [2.05, 4.69) is 0 Å². The molecular weight excluding hydrogens is 178 g/mol. The lowest BCUT2D eigenvalue weighted by atomic mass is 10.1. The Bertz CT molecular complexity index is 274. The highest BCUT2D eigenvalue weighted by atomic mass is 16.7. The van der Waals surface area contributed by atoms with Crippen molar-refractivity contribution in [2.24, 2.45) is 5.73 Å². The van der Waals surface area contributed by atoms with Gasteiger partial charge in [0.2, 0.25) is 0 Å². The SMILES string of the molecule is COCOc1ccccc1CC(C)N. The van der Waals surface area contributed by atoms with Crippen LogP contribution in [0.1, 0.15) is 12.5 Å². The number of nitrogens with two attached hydrogens (primary N) is 1. The number of benzene rings is 1. The molecule has 1 aromatic rings. The van der Waals surface area contributed by atoms with E-state index in [1.807, 2.05) is 31.2 Å². The Kier molecular flexibility index (Phi) is 4.43. The van der Waals surface area contributed by atoms with Crippen molar-refractivity contribution in [2.75, 3.05) is 13.9 Å². The van der Waals surface area contributed by atoms with Crippen molar-refractivity contribution >= 4 is 0 Å². The topological polar surface area (TPSA) is 44.5 Å². The molecule has 0 aromatic heterocycles. The highest BCUT2D eigenvalue weighted by molar-refractivity contribution is 5.33. The summed E-state index contributed by atoms with van der Waals surface area (Å²) in [6.07, 6.45) is 0.819. The molecule has 0 fully saturated rings. The Morgan fingerprint density at radius 1 is 1.36 bits per heavy atom. The highest BCUT2D eigenvalue weighted by Gasteiger charge is 2.04. The Morgan fingerprint density at radius 2 is 2.07 bits per heavy atom. The molecule has 0 amide bonds. The minimum absolute atomic E-state index is 0.141. The maximum Gasteiger partial charge on any atom is 0.188 e. The zero-order valence-electron chi connectivity index (χ0n) is 8.69. The van der Waals surface area contributed by atoms with Gasteiger partial charge in [-0.25, -0.2) is 0 Å². The molecule has 0 aliphatic rings. The summed E-state index contributed by atoms with van der Waals surface area (Å²) in [6.45, 7) is 2.25. The fraction of sp³-hybridized carbons (Fsp3) is 0.455. The van der Waals surface area contributed by atoms with Crippen LogP contribution in [0.2, 0.25) is 0 Å². The fourth-order valence-electron chi connectivity index (χ4n) is 1.28. The average molecular weight is 195 g/mol. The summed E-state index contributed by atoms with van der Waals surface area (Å²) in [5.41, 5.74) is 6.86. The van der Waals surface area contributed by atoms with Gasteiger partial charge in [0.05, 0.1) is 0 Å². The van der Waals surface area contributed by atoms with Crippen LogP contribution in [0.15, 0.2) is 24.3 Å². The summed E-state index contributed by atoms with van der Waals surface area (Å²) in [4.78, 5) is 0. The van der Waals surface area contributed by atoms with E-state index in [1.54, 1.807) is 7.11 Å². The van der Waals surface area contributed by atoms with Gasteiger partial charge in [-0.3, -0.25) is 0 Å². The predicted molar refractivity (Wildman–Crippen MR) is 56.3 cm³/mol. The van der Waals surface area contributed by atoms with Gasteiger partial charge >= 0.3 is 0 Å². The van der Waals surface area contributed by atoms with E-state index in [0.29, 0.717) is 0 Å². The molecule has 3 nitrogen and oxygen atoms in total. The van der Waals surface area contributed by atoms with Crippen molar-refractivity contribution in [2.45, 2.75) is 19.4 Å². The van der Waals surface area contributed by atoms with Gasteiger partial charge in [-0.05, 0) is 25.0 Å². The first-order chi connectivity index (χ1) is 6.74. The first-order valence-corrected chi connectivity index (χ1v) is 4.69. The molecule has 2 N–H and O–H groups in total. The second-order valence-corrected chi connectivity index (χ2v) is 3.34. The molecule has 0 aliphatic carbocycles. The van der Waals surface area contributed by atoms with Crippen molar-refractivity contribution in [1.82, 2.24) is 0 Å². The predicted octanol–water partition coefficient (Wildman–Crippen LogP) is 1.56. The van der Waals surface area contributed by atoms with Gasteiger partial charge in [-0.1, -0.05) is 18.2 Å². The summed E-state index contributed by atoms with van der Waals surface area (Å²) < 4.78 is 10.3. The van der Waals surface area contributed by atoms with Gasteiger partial charge in [-0.2, -0.15) is 0 Å². The van der Waals surface area contributed by atoms with Crippen LogP contribution in [-0.4, -0.2) is 19.9 Å². The Labute approximate surface area is 84.8 Å². The molecular formula is C11H17NO2. The molecule has 0 radical (unpaired) electrons. The average Bonchev–Trinajstić information content (AvgIpc) is 2.16. The fourth-order valence-corrected chi connectivity index (χ4v) is 1.28. The third-order valence-corrected chi connectivity index (χ3v) is 1.85. The van der Waals surface area contributed by atoms with Crippen LogP contribution in [0.3, 0.4) is 0 Å². The molecule has 0 spiro atoms. The van der Waals surface area contributed by atoms with Crippen LogP contribution in [0.5, 0.6) is 5.75 Å². The molecule has 0 bridgehead atoms. The maximum absolute atomic E-state index is 5.74. The summed E-state index contributed by atoms with van der Waals surface area (Å²) >= 11 is 0. The van der Waals surface area contributed by atoms with Crippen LogP contribution in [0.4, 0.5) is 0 Å². The lowest BCUT2D eigenvalue weighted by molar-refractivity contribution is 0.0504. The van der Waals surface area contributed by atoms with E-state index in [1.165, 1.54) is 0 Å². The zero-order chi connectivity index (χ0) is 10.4. The van der Waals surface area contributed by atoms with Gasteiger partial charge in [0, 0.05) is 13.2 Å². The summed E-state index contributed by atoms with van der Waals surface area (Å²) in [5, 5.41) is 0. The van der Waals surface area contributed by atoms with Crippen molar-refractivity contribution < 1.29 is 9.47 Å². The third-order valence-electron chi connectivity index (χ3n) is 1.85. The first kappa shape index (κ1) is 11.0. The third kappa shape index (κ3) is 3.36. The van der Waals surface area contributed by atoms with E-state index in [4.69, 9.17) is 15.2 Å². The van der Waals surface area contributed by atoms with Crippen molar-refractivity contribution in [1.29, 1.82) is 0 Å². The smallest absolute Gasteiger partial charge is 0.188 e. The summed E-state index contributed by atoms with van der Waals surface area (Å²) in [7, 11) is 1.61. The monoisotopic (exact) mass is 195 g/mol. The Hall–Kier alpha value is -1.06. The lowest BCUT2D eigenvalue weighted by Crippen LogP contribution is -2.18. The minimum atomic E-state index is 0.141. The number of para-hydroxylation sites is 1. The highest BCUT2D eigenvalue weighted by Crippen LogP contribution is 2.18. The van der Waals surface area contributed by atoms with Gasteiger partial charge in [-0.15, -0.1) is 0 Å². The molecule has 0 saturated heterocycles. The Morgan fingerprint density at radius 3 is 2.71 bits per heavy atom. The minimum Gasteiger partial charge on any atom is -0.467 e. The number of ether oxygens (including phenoxy) is 2. The standard InChI is InChI=1S/C11H17NO2/c1-9(12)7-10-5-3-4-6-11(10)14-8-13-2/h3-6,9H,7-8,12H2,1-2H3. The molecule has 0 heterocycles. The zero-order valence-corrected chi connectivity index (χ0v) is 8.69. The van der Waals surface area contributed by atoms with E-state index in [-0.39, 0.29) is 12.8 Å². The number of hydrogen-bond acceptors (Lipinski definition) is 3. The normalized spacial score (nSPS) is 12.5. The molecule has 1 atom stereocenters. The number of hydrogen-bond donors (Lipinski definition) is 1. The molecule has 78 valence electrons.